The van der Waals surface area contributed by atoms with Crippen molar-refractivity contribution in [3.8, 4) is 0 Å². The van der Waals surface area contributed by atoms with E-state index in [-0.39, 0.29) is 0 Å². The Balaban J connectivity index is 1.63. The molecule has 0 N–H and O–H groups in total. The molecule has 0 radical (unpaired) electrons. The van der Waals surface area contributed by atoms with Gasteiger partial charge in [-0.25, -0.2) is 0 Å². The van der Waals surface area contributed by atoms with E-state index in [0.717, 1.165) is 31.7 Å². The summed E-state index contributed by atoms with van der Waals surface area (Å²) in [5.74, 6) is 0. The Hall–Kier alpha value is -2.33. The van der Waals surface area contributed by atoms with Crippen LogP contribution in [0, 0.1) is 0 Å². The lowest BCUT2D eigenvalue weighted by Crippen LogP contribution is -2.41. The van der Waals surface area contributed by atoms with Gasteiger partial charge in [-0.3, -0.25) is 5.01 Å². The van der Waals surface area contributed by atoms with Crippen molar-refractivity contribution >= 4 is 17.6 Å². The highest BCUT2D eigenvalue weighted by atomic mass is 15.5. The van der Waals surface area contributed by atoms with Gasteiger partial charge in [0, 0.05) is 44.6 Å². The molecule has 3 rings (SSSR count). The van der Waals surface area contributed by atoms with Crippen molar-refractivity contribution in [1.82, 2.24) is 9.91 Å². The zero-order valence-corrected chi connectivity index (χ0v) is 13.9. The molecule has 0 amide bonds. The molecule has 0 spiro atoms. The van der Waals surface area contributed by atoms with E-state index in [4.69, 9.17) is 0 Å². The van der Waals surface area contributed by atoms with Crippen LogP contribution in [0.15, 0.2) is 59.7 Å². The minimum atomic E-state index is 1.00. The molecule has 0 unspecified atom stereocenters. The standard InChI is InChI=1S/C19H24N4/c1-21-12-14-23(15-13-21)20-16-17-8-10-19(11-9-17)22(2)18-6-4-3-5-7-18/h3-11,16H,12-15H2,1-2H3/b20-16-. The normalized spacial score (nSPS) is 16.0. The number of rotatable bonds is 4. The van der Waals surface area contributed by atoms with Gasteiger partial charge in [0.25, 0.3) is 0 Å². The Morgan fingerprint density at radius 1 is 0.870 bits per heavy atom. The molecule has 4 heteroatoms. The maximum Gasteiger partial charge on any atom is 0.0542 e. The third-order valence-electron chi connectivity index (χ3n) is 4.27. The van der Waals surface area contributed by atoms with Crippen molar-refractivity contribution in [3.63, 3.8) is 0 Å². The van der Waals surface area contributed by atoms with Crippen molar-refractivity contribution in [3.05, 3.63) is 60.2 Å². The first-order valence-corrected chi connectivity index (χ1v) is 8.09. The van der Waals surface area contributed by atoms with Gasteiger partial charge in [-0.2, -0.15) is 5.10 Å². The van der Waals surface area contributed by atoms with Crippen molar-refractivity contribution in [2.45, 2.75) is 0 Å². The number of piperazine rings is 1. The number of hydrogen-bond donors (Lipinski definition) is 0. The molecule has 0 aliphatic carbocycles. The van der Waals surface area contributed by atoms with Gasteiger partial charge in [0.1, 0.15) is 0 Å². The Bertz CT molecular complexity index is 628. The van der Waals surface area contributed by atoms with Crippen LogP contribution in [0.25, 0.3) is 0 Å². The van der Waals surface area contributed by atoms with E-state index in [1.165, 1.54) is 11.4 Å². The van der Waals surface area contributed by atoms with Crippen LogP contribution in [0.5, 0.6) is 0 Å². The summed E-state index contributed by atoms with van der Waals surface area (Å²) in [5.41, 5.74) is 3.49. The van der Waals surface area contributed by atoms with Gasteiger partial charge in [0.15, 0.2) is 0 Å². The second-order valence-electron chi connectivity index (χ2n) is 5.99. The van der Waals surface area contributed by atoms with Gasteiger partial charge in [-0.05, 0) is 36.9 Å². The lowest BCUT2D eigenvalue weighted by Gasteiger charge is -2.30. The number of hydrazone groups is 1. The SMILES string of the molecule is CN1CCN(/N=C\c2ccc(N(C)c3ccccc3)cc2)CC1. The Morgan fingerprint density at radius 3 is 2.13 bits per heavy atom. The second kappa shape index (κ2) is 7.29. The van der Waals surface area contributed by atoms with Gasteiger partial charge >= 0.3 is 0 Å². The topological polar surface area (TPSA) is 22.1 Å². The van der Waals surface area contributed by atoms with Crippen LogP contribution in [-0.4, -0.2) is 56.4 Å². The van der Waals surface area contributed by atoms with Crippen LogP contribution in [0.4, 0.5) is 11.4 Å². The van der Waals surface area contributed by atoms with Crippen molar-refractivity contribution in [1.29, 1.82) is 0 Å². The maximum absolute atomic E-state index is 4.59. The Morgan fingerprint density at radius 2 is 1.48 bits per heavy atom. The van der Waals surface area contributed by atoms with E-state index in [2.05, 4.69) is 82.5 Å². The fourth-order valence-electron chi connectivity index (χ4n) is 2.64. The molecule has 0 saturated carbocycles. The number of benzene rings is 2. The number of hydrogen-bond acceptors (Lipinski definition) is 4. The molecular formula is C19H24N4. The summed E-state index contributed by atoms with van der Waals surface area (Å²) in [6.07, 6.45) is 1.96. The molecule has 4 nitrogen and oxygen atoms in total. The second-order valence-corrected chi connectivity index (χ2v) is 5.99. The van der Waals surface area contributed by atoms with E-state index in [0.29, 0.717) is 0 Å². The summed E-state index contributed by atoms with van der Waals surface area (Å²) in [4.78, 5) is 4.52. The molecule has 1 saturated heterocycles. The Kier molecular flexibility index (Phi) is 4.93. The number of likely N-dealkylation sites (N-methyl/N-ethyl adjacent to an activating group) is 1. The summed E-state index contributed by atoms with van der Waals surface area (Å²) in [5, 5.41) is 6.73. The van der Waals surface area contributed by atoms with Gasteiger partial charge in [0.05, 0.1) is 6.21 Å². The molecular weight excluding hydrogens is 284 g/mol. The van der Waals surface area contributed by atoms with Crippen LogP contribution in [0.1, 0.15) is 5.56 Å². The summed E-state index contributed by atoms with van der Waals surface area (Å²) < 4.78 is 0. The number of para-hydroxylation sites is 1. The van der Waals surface area contributed by atoms with E-state index < -0.39 is 0 Å². The van der Waals surface area contributed by atoms with E-state index >= 15 is 0 Å². The monoisotopic (exact) mass is 308 g/mol. The molecule has 1 heterocycles. The minimum absolute atomic E-state index is 1.00. The summed E-state index contributed by atoms with van der Waals surface area (Å²) in [7, 11) is 4.24. The smallest absolute Gasteiger partial charge is 0.0542 e. The highest BCUT2D eigenvalue weighted by molar-refractivity contribution is 5.80. The van der Waals surface area contributed by atoms with Gasteiger partial charge in [-0.1, -0.05) is 30.3 Å². The predicted octanol–water partition coefficient (Wildman–Crippen LogP) is 3.04. The summed E-state index contributed by atoms with van der Waals surface area (Å²) >= 11 is 0. The van der Waals surface area contributed by atoms with Crippen molar-refractivity contribution in [2.75, 3.05) is 45.2 Å². The van der Waals surface area contributed by atoms with Crippen molar-refractivity contribution in [2.24, 2.45) is 5.10 Å². The van der Waals surface area contributed by atoms with Crippen LogP contribution >= 0.6 is 0 Å². The van der Waals surface area contributed by atoms with Gasteiger partial charge < -0.3 is 9.80 Å². The van der Waals surface area contributed by atoms with E-state index in [1.54, 1.807) is 0 Å². The number of anilines is 2. The maximum atomic E-state index is 4.59. The van der Waals surface area contributed by atoms with Crippen LogP contribution in [-0.2, 0) is 0 Å². The minimum Gasteiger partial charge on any atom is -0.345 e. The Labute approximate surface area is 138 Å². The molecule has 120 valence electrons. The molecule has 1 aliphatic rings. The highest BCUT2D eigenvalue weighted by Gasteiger charge is 2.10. The third-order valence-corrected chi connectivity index (χ3v) is 4.27. The largest absolute Gasteiger partial charge is 0.345 e. The molecule has 0 aromatic heterocycles. The molecule has 0 bridgehead atoms. The van der Waals surface area contributed by atoms with Crippen LogP contribution in [0.2, 0.25) is 0 Å². The molecule has 0 atom stereocenters. The fourth-order valence-corrected chi connectivity index (χ4v) is 2.64. The average Bonchev–Trinajstić information content (AvgIpc) is 2.62. The lowest BCUT2D eigenvalue weighted by atomic mass is 10.2. The molecule has 2 aromatic carbocycles. The first-order chi connectivity index (χ1) is 11.2. The van der Waals surface area contributed by atoms with Crippen LogP contribution in [0.3, 0.4) is 0 Å². The van der Waals surface area contributed by atoms with E-state index in [9.17, 15) is 0 Å². The zero-order valence-electron chi connectivity index (χ0n) is 13.9. The lowest BCUT2D eigenvalue weighted by molar-refractivity contribution is 0.159. The van der Waals surface area contributed by atoms with Gasteiger partial charge in [-0.15, -0.1) is 0 Å². The zero-order chi connectivity index (χ0) is 16.1. The predicted molar refractivity (Wildman–Crippen MR) is 97.6 cm³/mol. The molecule has 1 fully saturated rings. The fraction of sp³-hybridized carbons (Fsp3) is 0.316. The molecule has 1 aliphatic heterocycles. The summed E-state index contributed by atoms with van der Waals surface area (Å²) in [6.45, 7) is 4.17. The van der Waals surface area contributed by atoms with Crippen LogP contribution < -0.4 is 4.90 Å². The quantitative estimate of drug-likeness (QED) is 0.811. The third kappa shape index (κ3) is 4.11. The molecule has 2 aromatic rings. The average molecular weight is 308 g/mol. The van der Waals surface area contributed by atoms with Crippen molar-refractivity contribution < 1.29 is 0 Å². The first-order valence-electron chi connectivity index (χ1n) is 8.09. The first kappa shape index (κ1) is 15.6. The summed E-state index contributed by atoms with van der Waals surface area (Å²) in [6, 6.07) is 18.9. The highest BCUT2D eigenvalue weighted by Crippen LogP contribution is 2.22. The van der Waals surface area contributed by atoms with E-state index in [1.807, 2.05) is 12.3 Å². The van der Waals surface area contributed by atoms with Gasteiger partial charge in [0.2, 0.25) is 0 Å². The molecule has 23 heavy (non-hydrogen) atoms. The number of nitrogens with zero attached hydrogens (tertiary/aromatic N) is 4.